The van der Waals surface area contributed by atoms with E-state index in [4.69, 9.17) is 4.74 Å². The first-order valence-electron chi connectivity index (χ1n) is 5.38. The molecule has 1 aliphatic rings. The zero-order chi connectivity index (χ0) is 11.1. The van der Waals surface area contributed by atoms with Crippen molar-refractivity contribution in [3.8, 4) is 0 Å². The van der Waals surface area contributed by atoms with E-state index < -0.39 is 0 Å². The second kappa shape index (κ2) is 6.40. The Kier molecular flexibility index (Phi) is 5.10. The Morgan fingerprint density at radius 1 is 1.67 bits per heavy atom. The number of rotatable bonds is 6. The van der Waals surface area contributed by atoms with E-state index in [1.807, 2.05) is 6.92 Å². The van der Waals surface area contributed by atoms with Gasteiger partial charge in [-0.15, -0.1) is 0 Å². The van der Waals surface area contributed by atoms with E-state index in [9.17, 15) is 9.59 Å². The van der Waals surface area contributed by atoms with Crippen LogP contribution in [0.2, 0.25) is 0 Å². The zero-order valence-electron chi connectivity index (χ0n) is 9.04. The van der Waals surface area contributed by atoms with Gasteiger partial charge in [0.15, 0.2) is 0 Å². The fourth-order valence-electron chi connectivity index (χ4n) is 1.36. The number of esters is 1. The normalized spacial score (nSPS) is 20.1. The molecule has 1 atom stereocenters. The Hall–Kier alpha value is -1.10. The van der Waals surface area contributed by atoms with Crippen molar-refractivity contribution >= 4 is 11.9 Å². The predicted molar refractivity (Wildman–Crippen MR) is 55.3 cm³/mol. The largest absolute Gasteiger partial charge is 0.465 e. The minimum absolute atomic E-state index is 0.0341. The standard InChI is InChI=1S/C10H18N2O3/c1-2-3-4-15-10(14)7-11-8-5-9(13)12-6-8/h8,11H,2-7H2,1H3,(H,12,13). The third-order valence-corrected chi connectivity index (χ3v) is 2.27. The molecule has 86 valence electrons. The Balaban J connectivity index is 2.03. The first-order valence-corrected chi connectivity index (χ1v) is 5.38. The van der Waals surface area contributed by atoms with E-state index in [-0.39, 0.29) is 24.5 Å². The molecule has 0 spiro atoms. The van der Waals surface area contributed by atoms with Crippen LogP contribution in [0.25, 0.3) is 0 Å². The monoisotopic (exact) mass is 214 g/mol. The number of nitrogens with one attached hydrogen (secondary N) is 2. The Bertz CT molecular complexity index is 231. The smallest absolute Gasteiger partial charge is 0.319 e. The molecule has 0 aromatic heterocycles. The molecular weight excluding hydrogens is 196 g/mol. The Morgan fingerprint density at radius 3 is 3.07 bits per heavy atom. The predicted octanol–water partition coefficient (Wildman–Crippen LogP) is -0.192. The fraction of sp³-hybridized carbons (Fsp3) is 0.800. The second-order valence-corrected chi connectivity index (χ2v) is 3.66. The van der Waals surface area contributed by atoms with Gasteiger partial charge in [0.2, 0.25) is 5.91 Å². The summed E-state index contributed by atoms with van der Waals surface area (Å²) >= 11 is 0. The van der Waals surface area contributed by atoms with Gasteiger partial charge in [0.05, 0.1) is 13.2 Å². The van der Waals surface area contributed by atoms with Gasteiger partial charge in [-0.2, -0.15) is 0 Å². The molecule has 5 nitrogen and oxygen atoms in total. The molecule has 0 aromatic rings. The number of unbranched alkanes of at least 4 members (excludes halogenated alkanes) is 1. The summed E-state index contributed by atoms with van der Waals surface area (Å²) in [5.74, 6) is -0.213. The van der Waals surface area contributed by atoms with Gasteiger partial charge in [0, 0.05) is 19.0 Å². The Labute approximate surface area is 89.6 Å². The van der Waals surface area contributed by atoms with E-state index in [1.54, 1.807) is 0 Å². The molecule has 5 heteroatoms. The number of hydrogen-bond acceptors (Lipinski definition) is 4. The van der Waals surface area contributed by atoms with E-state index in [1.165, 1.54) is 0 Å². The van der Waals surface area contributed by atoms with Crippen LogP contribution in [-0.2, 0) is 14.3 Å². The van der Waals surface area contributed by atoms with Crippen LogP contribution in [0.5, 0.6) is 0 Å². The summed E-state index contributed by atoms with van der Waals surface area (Å²) in [4.78, 5) is 22.0. The van der Waals surface area contributed by atoms with Crippen molar-refractivity contribution < 1.29 is 14.3 Å². The van der Waals surface area contributed by atoms with Crippen LogP contribution >= 0.6 is 0 Å². The summed E-state index contributed by atoms with van der Waals surface area (Å²) in [5, 5.41) is 5.67. The third-order valence-electron chi connectivity index (χ3n) is 2.27. The molecule has 1 aliphatic heterocycles. The molecule has 0 aromatic carbocycles. The molecule has 1 unspecified atom stereocenters. The number of carbonyl (C=O) groups is 2. The number of ether oxygens (including phenoxy) is 1. The maximum atomic E-state index is 11.2. The highest BCUT2D eigenvalue weighted by Crippen LogP contribution is 1.98. The second-order valence-electron chi connectivity index (χ2n) is 3.66. The van der Waals surface area contributed by atoms with Gasteiger partial charge < -0.3 is 15.4 Å². The van der Waals surface area contributed by atoms with E-state index in [0.717, 1.165) is 12.8 Å². The molecule has 15 heavy (non-hydrogen) atoms. The number of carbonyl (C=O) groups excluding carboxylic acids is 2. The lowest BCUT2D eigenvalue weighted by Crippen LogP contribution is -2.35. The molecule has 0 radical (unpaired) electrons. The topological polar surface area (TPSA) is 67.4 Å². The lowest BCUT2D eigenvalue weighted by molar-refractivity contribution is -0.142. The van der Waals surface area contributed by atoms with Crippen LogP contribution in [0.1, 0.15) is 26.2 Å². The summed E-state index contributed by atoms with van der Waals surface area (Å²) in [6.07, 6.45) is 2.36. The van der Waals surface area contributed by atoms with Gasteiger partial charge in [-0.1, -0.05) is 13.3 Å². The molecule has 1 rings (SSSR count). The van der Waals surface area contributed by atoms with Gasteiger partial charge in [-0.3, -0.25) is 9.59 Å². The molecule has 1 fully saturated rings. The molecule has 1 amide bonds. The van der Waals surface area contributed by atoms with Gasteiger partial charge in [-0.25, -0.2) is 0 Å². The quantitative estimate of drug-likeness (QED) is 0.475. The van der Waals surface area contributed by atoms with Crippen molar-refractivity contribution in [1.29, 1.82) is 0 Å². The molecular formula is C10H18N2O3. The van der Waals surface area contributed by atoms with Gasteiger partial charge in [0.1, 0.15) is 0 Å². The summed E-state index contributed by atoms with van der Waals surface area (Å²) in [5.41, 5.74) is 0. The van der Waals surface area contributed by atoms with Crippen LogP contribution < -0.4 is 10.6 Å². The summed E-state index contributed by atoms with van der Waals surface area (Å²) in [7, 11) is 0. The van der Waals surface area contributed by atoms with Crippen molar-refractivity contribution in [3.05, 3.63) is 0 Å². The van der Waals surface area contributed by atoms with Crippen molar-refractivity contribution in [1.82, 2.24) is 10.6 Å². The summed E-state index contributed by atoms with van der Waals surface area (Å²) < 4.78 is 4.96. The maximum absolute atomic E-state index is 11.2. The average Bonchev–Trinajstić information content (AvgIpc) is 2.62. The fourth-order valence-corrected chi connectivity index (χ4v) is 1.36. The number of hydrogen-bond donors (Lipinski definition) is 2. The van der Waals surface area contributed by atoms with Crippen molar-refractivity contribution in [2.24, 2.45) is 0 Å². The van der Waals surface area contributed by atoms with Crippen molar-refractivity contribution in [2.45, 2.75) is 32.2 Å². The maximum Gasteiger partial charge on any atom is 0.319 e. The minimum Gasteiger partial charge on any atom is -0.465 e. The highest BCUT2D eigenvalue weighted by atomic mass is 16.5. The molecule has 0 aliphatic carbocycles. The molecule has 0 bridgehead atoms. The van der Waals surface area contributed by atoms with Gasteiger partial charge in [-0.05, 0) is 6.42 Å². The lowest BCUT2D eigenvalue weighted by atomic mass is 10.2. The third kappa shape index (κ3) is 4.78. The minimum atomic E-state index is -0.247. The number of amides is 1. The first-order chi connectivity index (χ1) is 7.22. The van der Waals surface area contributed by atoms with Crippen LogP contribution in [0.3, 0.4) is 0 Å². The van der Waals surface area contributed by atoms with E-state index >= 15 is 0 Å². The zero-order valence-corrected chi connectivity index (χ0v) is 9.04. The van der Waals surface area contributed by atoms with Crippen molar-refractivity contribution in [3.63, 3.8) is 0 Å². The first kappa shape index (κ1) is 12.0. The highest BCUT2D eigenvalue weighted by Gasteiger charge is 2.21. The summed E-state index contributed by atoms with van der Waals surface area (Å²) in [6.45, 7) is 3.31. The SMILES string of the molecule is CCCCOC(=O)CNC1CNC(=O)C1. The highest BCUT2D eigenvalue weighted by molar-refractivity contribution is 5.79. The molecule has 1 heterocycles. The summed E-state index contributed by atoms with van der Waals surface area (Å²) in [6, 6.07) is 0.0659. The van der Waals surface area contributed by atoms with Gasteiger partial charge >= 0.3 is 5.97 Å². The lowest BCUT2D eigenvalue weighted by Gasteiger charge is -2.09. The molecule has 1 saturated heterocycles. The van der Waals surface area contributed by atoms with Gasteiger partial charge in [0.25, 0.3) is 0 Å². The molecule has 0 saturated carbocycles. The van der Waals surface area contributed by atoms with Crippen LogP contribution in [0.15, 0.2) is 0 Å². The Morgan fingerprint density at radius 2 is 2.47 bits per heavy atom. The van der Waals surface area contributed by atoms with Crippen LogP contribution in [-0.4, -0.2) is 37.6 Å². The van der Waals surface area contributed by atoms with Crippen molar-refractivity contribution in [2.75, 3.05) is 19.7 Å². The van der Waals surface area contributed by atoms with Crippen LogP contribution in [0.4, 0.5) is 0 Å². The molecule has 2 N–H and O–H groups in total. The van der Waals surface area contributed by atoms with Crippen LogP contribution in [0, 0.1) is 0 Å². The average molecular weight is 214 g/mol. The van der Waals surface area contributed by atoms with E-state index in [2.05, 4.69) is 10.6 Å². The van der Waals surface area contributed by atoms with E-state index in [0.29, 0.717) is 19.6 Å².